The molecule has 0 atom stereocenters. The fourth-order valence-corrected chi connectivity index (χ4v) is 1.46. The number of H-pyrrole nitrogens is 1. The van der Waals surface area contributed by atoms with Crippen molar-refractivity contribution in [3.8, 4) is 0 Å². The molecule has 0 amide bonds. The van der Waals surface area contributed by atoms with Gasteiger partial charge in [0.25, 0.3) is 0 Å². The summed E-state index contributed by atoms with van der Waals surface area (Å²) in [6.45, 7) is 0. The zero-order chi connectivity index (χ0) is 8.55. The number of aromatic nitrogens is 2. The van der Waals surface area contributed by atoms with Crippen molar-refractivity contribution in [1.82, 2.24) is 9.97 Å². The van der Waals surface area contributed by atoms with Crippen LogP contribution in [-0.2, 0) is 0 Å². The van der Waals surface area contributed by atoms with Crippen LogP contribution in [0.15, 0.2) is 29.3 Å². The van der Waals surface area contributed by atoms with Gasteiger partial charge in [0.15, 0.2) is 0 Å². The molecule has 60 valence electrons. The van der Waals surface area contributed by atoms with E-state index in [2.05, 4.69) is 22.6 Å². The molecule has 0 bridgehead atoms. The topological polar surface area (TPSA) is 28.7 Å². The van der Waals surface area contributed by atoms with Crippen LogP contribution < -0.4 is 0 Å². The number of fused-ring (bicyclic) bond motifs is 1. The highest BCUT2D eigenvalue weighted by atomic mass is 32.1. The summed E-state index contributed by atoms with van der Waals surface area (Å²) in [4.78, 5) is 8.06. The molecule has 4 heteroatoms. The Labute approximate surface area is 80.1 Å². The first-order valence-corrected chi connectivity index (χ1v) is 4.30. The van der Waals surface area contributed by atoms with Crippen molar-refractivity contribution in [1.29, 1.82) is 0 Å². The number of aromatic amines is 1. The maximum atomic E-state index is 4.95. The fraction of sp³-hybridized carbons (Fsp3) is 0. The third-order valence-corrected chi connectivity index (χ3v) is 2.17. The van der Waals surface area contributed by atoms with Gasteiger partial charge in [0.1, 0.15) is 4.64 Å². The lowest BCUT2D eigenvalue weighted by atomic mass is 10.3. The van der Waals surface area contributed by atoms with Crippen LogP contribution in [0.4, 0.5) is 0 Å². The smallest absolute Gasteiger partial charge is 0.122 e. The standard InChI is InChI=1S/C8H6N2S2/c11-6-3-1-2-5-8(6)10-7(12)4-9-5/h1-4,11H,(H,10,12). The number of rotatable bonds is 0. The molecule has 0 saturated heterocycles. The van der Waals surface area contributed by atoms with Crippen molar-refractivity contribution in [3.63, 3.8) is 0 Å². The molecule has 1 heterocycles. The van der Waals surface area contributed by atoms with Crippen molar-refractivity contribution in [2.75, 3.05) is 0 Å². The Hall–Kier alpha value is -0.870. The number of nitrogens with one attached hydrogen (secondary N) is 1. The monoisotopic (exact) mass is 194 g/mol. The second-order valence-corrected chi connectivity index (χ2v) is 3.34. The third kappa shape index (κ3) is 1.23. The van der Waals surface area contributed by atoms with E-state index in [4.69, 9.17) is 12.2 Å². The van der Waals surface area contributed by atoms with Crippen molar-refractivity contribution in [2.45, 2.75) is 4.90 Å². The van der Waals surface area contributed by atoms with E-state index >= 15 is 0 Å². The van der Waals surface area contributed by atoms with Gasteiger partial charge in [-0.2, -0.15) is 0 Å². The van der Waals surface area contributed by atoms with E-state index in [0.29, 0.717) is 4.64 Å². The van der Waals surface area contributed by atoms with Gasteiger partial charge in [0.05, 0.1) is 17.2 Å². The highest BCUT2D eigenvalue weighted by Gasteiger charge is 1.96. The van der Waals surface area contributed by atoms with Gasteiger partial charge < -0.3 is 4.98 Å². The highest BCUT2D eigenvalue weighted by molar-refractivity contribution is 7.80. The summed E-state index contributed by atoms with van der Waals surface area (Å²) in [5.41, 5.74) is 1.78. The van der Waals surface area contributed by atoms with Gasteiger partial charge >= 0.3 is 0 Å². The van der Waals surface area contributed by atoms with E-state index in [-0.39, 0.29) is 0 Å². The van der Waals surface area contributed by atoms with Gasteiger partial charge in [-0.05, 0) is 12.1 Å². The zero-order valence-electron chi connectivity index (χ0n) is 6.11. The van der Waals surface area contributed by atoms with E-state index in [1.807, 2.05) is 18.2 Å². The molecule has 0 fully saturated rings. The maximum Gasteiger partial charge on any atom is 0.122 e. The molecular weight excluding hydrogens is 188 g/mol. The molecule has 0 unspecified atom stereocenters. The van der Waals surface area contributed by atoms with Crippen molar-refractivity contribution >= 4 is 35.9 Å². The number of para-hydroxylation sites is 1. The van der Waals surface area contributed by atoms with E-state index in [1.165, 1.54) is 0 Å². The van der Waals surface area contributed by atoms with Gasteiger partial charge in [0, 0.05) is 4.90 Å². The normalized spacial score (nSPS) is 10.4. The largest absolute Gasteiger partial charge is 0.343 e. The zero-order valence-corrected chi connectivity index (χ0v) is 7.82. The van der Waals surface area contributed by atoms with Gasteiger partial charge in [-0.25, -0.2) is 0 Å². The van der Waals surface area contributed by atoms with Crippen LogP contribution in [-0.4, -0.2) is 9.97 Å². The first-order chi connectivity index (χ1) is 5.77. The quantitative estimate of drug-likeness (QED) is 0.498. The number of hydrogen-bond donors (Lipinski definition) is 2. The second kappa shape index (κ2) is 2.88. The van der Waals surface area contributed by atoms with Gasteiger partial charge in [-0.1, -0.05) is 18.3 Å². The van der Waals surface area contributed by atoms with E-state index in [1.54, 1.807) is 6.20 Å². The first-order valence-electron chi connectivity index (χ1n) is 3.44. The molecule has 0 aliphatic carbocycles. The Kier molecular flexibility index (Phi) is 1.86. The molecule has 0 saturated carbocycles. The molecule has 0 aliphatic rings. The lowest BCUT2D eigenvalue weighted by Crippen LogP contribution is -1.84. The predicted octanol–water partition coefficient (Wildman–Crippen LogP) is 2.58. The second-order valence-electron chi connectivity index (χ2n) is 2.42. The van der Waals surface area contributed by atoms with Crippen molar-refractivity contribution < 1.29 is 0 Å². The average molecular weight is 194 g/mol. The van der Waals surface area contributed by atoms with Crippen molar-refractivity contribution in [2.24, 2.45) is 0 Å². The third-order valence-electron chi connectivity index (χ3n) is 1.59. The van der Waals surface area contributed by atoms with Gasteiger partial charge in [-0.15, -0.1) is 12.6 Å². The van der Waals surface area contributed by atoms with Crippen LogP contribution >= 0.6 is 24.8 Å². The molecular formula is C8H6N2S2. The predicted molar refractivity (Wildman–Crippen MR) is 54.2 cm³/mol. The van der Waals surface area contributed by atoms with Crippen LogP contribution in [0, 0.1) is 4.64 Å². The van der Waals surface area contributed by atoms with Crippen LogP contribution in [0.2, 0.25) is 0 Å². The highest BCUT2D eigenvalue weighted by Crippen LogP contribution is 2.16. The van der Waals surface area contributed by atoms with E-state index in [0.717, 1.165) is 15.9 Å². The number of hydrogen-bond acceptors (Lipinski definition) is 3. The van der Waals surface area contributed by atoms with Crippen LogP contribution in [0.5, 0.6) is 0 Å². The molecule has 1 aromatic heterocycles. The van der Waals surface area contributed by atoms with Crippen LogP contribution in [0.1, 0.15) is 0 Å². The summed E-state index contributed by atoms with van der Waals surface area (Å²) in [5, 5.41) is 0. The summed E-state index contributed by atoms with van der Waals surface area (Å²) >= 11 is 9.23. The Morgan fingerprint density at radius 3 is 3.08 bits per heavy atom. The number of nitrogens with zero attached hydrogens (tertiary/aromatic N) is 1. The van der Waals surface area contributed by atoms with Gasteiger partial charge in [-0.3, -0.25) is 4.98 Å². The molecule has 12 heavy (non-hydrogen) atoms. The van der Waals surface area contributed by atoms with Crippen molar-refractivity contribution in [3.05, 3.63) is 29.0 Å². The number of thiol groups is 1. The minimum atomic E-state index is 0.629. The van der Waals surface area contributed by atoms with Crippen LogP contribution in [0.25, 0.3) is 11.0 Å². The van der Waals surface area contributed by atoms with E-state index < -0.39 is 0 Å². The molecule has 1 aromatic carbocycles. The van der Waals surface area contributed by atoms with Crippen LogP contribution in [0.3, 0.4) is 0 Å². The molecule has 2 nitrogen and oxygen atoms in total. The minimum Gasteiger partial charge on any atom is -0.343 e. The van der Waals surface area contributed by atoms with E-state index in [9.17, 15) is 0 Å². The Bertz CT molecular complexity index is 476. The summed E-state index contributed by atoms with van der Waals surface area (Å²) in [5.74, 6) is 0. The summed E-state index contributed by atoms with van der Waals surface area (Å²) < 4.78 is 0.629. The lowest BCUT2D eigenvalue weighted by molar-refractivity contribution is 1.24. The molecule has 0 radical (unpaired) electrons. The summed E-state index contributed by atoms with van der Waals surface area (Å²) in [6.07, 6.45) is 1.63. The SMILES string of the molecule is S=c1cnc2cccc(S)c2[nH]1. The Balaban J connectivity index is 2.97. The maximum absolute atomic E-state index is 4.95. The lowest BCUT2D eigenvalue weighted by Gasteiger charge is -1.98. The Morgan fingerprint density at radius 2 is 2.25 bits per heavy atom. The fourth-order valence-electron chi connectivity index (χ4n) is 1.05. The summed E-state index contributed by atoms with van der Waals surface area (Å²) in [7, 11) is 0. The molecule has 0 spiro atoms. The molecule has 0 aliphatic heterocycles. The summed E-state index contributed by atoms with van der Waals surface area (Å²) in [6, 6.07) is 5.73. The molecule has 2 aromatic rings. The van der Waals surface area contributed by atoms with Gasteiger partial charge in [0.2, 0.25) is 0 Å². The average Bonchev–Trinajstić information content (AvgIpc) is 2.07. The number of benzene rings is 1. The molecule has 1 N–H and O–H groups in total. The first kappa shape index (κ1) is 7.76. The molecule has 2 rings (SSSR count). The minimum absolute atomic E-state index is 0.629. The Morgan fingerprint density at radius 1 is 1.42 bits per heavy atom.